The second-order valence-electron chi connectivity index (χ2n) is 4.39. The molecule has 1 unspecified atom stereocenters. The van der Waals surface area contributed by atoms with E-state index in [4.69, 9.17) is 5.73 Å². The molecule has 0 spiro atoms. The summed E-state index contributed by atoms with van der Waals surface area (Å²) in [5.74, 6) is 0. The molecule has 4 N–H and O–H groups in total. The third kappa shape index (κ3) is 6.72. The monoisotopic (exact) mass is 341 g/mol. The van der Waals surface area contributed by atoms with Crippen molar-refractivity contribution in [2.24, 2.45) is 5.73 Å². The van der Waals surface area contributed by atoms with Gasteiger partial charge in [0.25, 0.3) is 0 Å². The van der Waals surface area contributed by atoms with Crippen LogP contribution in [0, 0.1) is 0 Å². The molecular formula is C14H23ClF3N3O. The lowest BCUT2D eigenvalue weighted by Crippen LogP contribution is -2.22. The highest BCUT2D eigenvalue weighted by molar-refractivity contribution is 6.15. The minimum atomic E-state index is -4.45. The molecule has 0 fully saturated rings. The fraction of sp³-hybridized carbons (Fsp3) is 0.571. The van der Waals surface area contributed by atoms with Crippen molar-refractivity contribution < 1.29 is 18.0 Å². The van der Waals surface area contributed by atoms with Crippen LogP contribution in [0.3, 0.4) is 0 Å². The topological polar surface area (TPSA) is 59.3 Å². The highest BCUT2D eigenvalue weighted by Gasteiger charge is 2.34. The standard InChI is InChI=1S/C13H20F3N3O.CH3Cl/c1-3-9(6-7-17)18-10-4-5-12(19-20-2)11(8-10)13(14,15)16;1-2/h4-5,8-9,18-19H,3,6-7,17H2,1-2H3;1H3. The lowest BCUT2D eigenvalue weighted by molar-refractivity contribution is -0.137. The summed E-state index contributed by atoms with van der Waals surface area (Å²) in [5, 5.41) is 3.06. The number of anilines is 2. The zero-order valence-electron chi connectivity index (χ0n) is 12.9. The van der Waals surface area contributed by atoms with Gasteiger partial charge in [0.1, 0.15) is 0 Å². The lowest BCUT2D eigenvalue weighted by atomic mass is 10.1. The molecule has 0 aliphatic carbocycles. The van der Waals surface area contributed by atoms with Gasteiger partial charge in [0.05, 0.1) is 18.4 Å². The van der Waals surface area contributed by atoms with E-state index in [9.17, 15) is 13.2 Å². The SMILES string of the molecule is CCC(CCN)Nc1ccc(NOC)c(C(F)(F)F)c1.CCl. The molecule has 0 radical (unpaired) electrons. The van der Waals surface area contributed by atoms with E-state index >= 15 is 0 Å². The van der Waals surface area contributed by atoms with E-state index in [1.54, 1.807) is 6.07 Å². The van der Waals surface area contributed by atoms with E-state index in [1.807, 2.05) is 6.92 Å². The van der Waals surface area contributed by atoms with Crippen molar-refractivity contribution in [1.29, 1.82) is 0 Å². The molecule has 1 rings (SSSR count). The molecule has 1 aromatic carbocycles. The van der Waals surface area contributed by atoms with Crippen LogP contribution in [0.15, 0.2) is 18.2 Å². The van der Waals surface area contributed by atoms with Crippen LogP contribution < -0.4 is 16.5 Å². The van der Waals surface area contributed by atoms with Gasteiger partial charge in [-0.25, -0.2) is 0 Å². The second-order valence-corrected chi connectivity index (χ2v) is 4.39. The molecule has 1 atom stereocenters. The van der Waals surface area contributed by atoms with Crippen molar-refractivity contribution in [2.75, 3.05) is 30.8 Å². The number of rotatable bonds is 7. The van der Waals surface area contributed by atoms with Crippen molar-refractivity contribution >= 4 is 23.0 Å². The van der Waals surface area contributed by atoms with Gasteiger partial charge < -0.3 is 11.1 Å². The molecule has 1 aromatic rings. The molecule has 22 heavy (non-hydrogen) atoms. The van der Waals surface area contributed by atoms with Gasteiger partial charge in [0.2, 0.25) is 0 Å². The maximum atomic E-state index is 13.0. The van der Waals surface area contributed by atoms with E-state index < -0.39 is 11.7 Å². The van der Waals surface area contributed by atoms with Crippen molar-refractivity contribution in [3.05, 3.63) is 23.8 Å². The smallest absolute Gasteiger partial charge is 0.382 e. The quantitative estimate of drug-likeness (QED) is 0.517. The molecule has 4 nitrogen and oxygen atoms in total. The lowest BCUT2D eigenvalue weighted by Gasteiger charge is -2.20. The summed E-state index contributed by atoms with van der Waals surface area (Å²) in [6, 6.07) is 4.04. The van der Waals surface area contributed by atoms with Gasteiger partial charge in [-0.1, -0.05) is 6.92 Å². The zero-order chi connectivity index (χ0) is 17.2. The molecule has 0 aromatic heterocycles. The summed E-state index contributed by atoms with van der Waals surface area (Å²) in [5.41, 5.74) is 7.24. The maximum absolute atomic E-state index is 13.0. The Morgan fingerprint density at radius 1 is 1.32 bits per heavy atom. The Morgan fingerprint density at radius 3 is 2.41 bits per heavy atom. The van der Waals surface area contributed by atoms with Gasteiger partial charge in [-0.15, -0.1) is 11.6 Å². The first-order valence-corrected chi connectivity index (χ1v) is 7.52. The van der Waals surface area contributed by atoms with Crippen LogP contribution >= 0.6 is 11.6 Å². The average Bonchev–Trinajstić information content (AvgIpc) is 2.49. The van der Waals surface area contributed by atoms with Crippen LogP contribution in [-0.2, 0) is 11.0 Å². The summed E-state index contributed by atoms with van der Waals surface area (Å²) in [6.07, 6.45) is -1.49. The van der Waals surface area contributed by atoms with Crippen molar-refractivity contribution in [3.8, 4) is 0 Å². The van der Waals surface area contributed by atoms with Crippen LogP contribution in [-0.4, -0.2) is 26.1 Å². The molecule has 0 bridgehead atoms. The van der Waals surface area contributed by atoms with E-state index in [1.165, 1.54) is 19.6 Å². The van der Waals surface area contributed by atoms with Crippen LogP contribution in [0.1, 0.15) is 25.3 Å². The summed E-state index contributed by atoms with van der Waals surface area (Å²) >= 11 is 4.64. The minimum absolute atomic E-state index is 0.0577. The first-order valence-electron chi connectivity index (χ1n) is 6.77. The Balaban J connectivity index is 0.00000211. The van der Waals surface area contributed by atoms with E-state index in [0.29, 0.717) is 18.7 Å². The number of benzene rings is 1. The van der Waals surface area contributed by atoms with E-state index in [0.717, 1.165) is 12.5 Å². The Bertz CT molecular complexity index is 430. The average molecular weight is 342 g/mol. The maximum Gasteiger partial charge on any atom is 0.418 e. The second kappa shape index (κ2) is 10.5. The Hall–Kier alpha value is -1.18. The number of halogens is 4. The number of hydrogen-bond donors (Lipinski definition) is 3. The molecule has 0 heterocycles. The molecule has 0 aliphatic heterocycles. The third-order valence-corrected chi connectivity index (χ3v) is 2.92. The number of nitrogens with two attached hydrogens (primary N) is 1. The van der Waals surface area contributed by atoms with Gasteiger partial charge in [0, 0.05) is 18.1 Å². The van der Waals surface area contributed by atoms with Gasteiger partial charge in [0.15, 0.2) is 0 Å². The zero-order valence-corrected chi connectivity index (χ0v) is 13.7. The van der Waals surface area contributed by atoms with Crippen molar-refractivity contribution in [3.63, 3.8) is 0 Å². The fourth-order valence-electron chi connectivity index (χ4n) is 1.88. The highest BCUT2D eigenvalue weighted by atomic mass is 35.5. The van der Waals surface area contributed by atoms with Gasteiger partial charge in [-0.3, -0.25) is 10.3 Å². The molecule has 0 aliphatic rings. The van der Waals surface area contributed by atoms with E-state index in [-0.39, 0.29) is 11.7 Å². The number of alkyl halides is 4. The largest absolute Gasteiger partial charge is 0.418 e. The summed E-state index contributed by atoms with van der Waals surface area (Å²) in [7, 11) is 1.26. The van der Waals surface area contributed by atoms with Crippen molar-refractivity contribution in [2.45, 2.75) is 32.0 Å². The predicted octanol–water partition coefficient (Wildman–Crippen LogP) is 4.07. The fourth-order valence-corrected chi connectivity index (χ4v) is 1.88. The summed E-state index contributed by atoms with van der Waals surface area (Å²) in [6.45, 7) is 2.44. The first kappa shape index (κ1) is 20.8. The Labute approximate surface area is 134 Å². The van der Waals surface area contributed by atoms with Gasteiger partial charge >= 0.3 is 6.18 Å². The Morgan fingerprint density at radius 2 is 1.95 bits per heavy atom. The predicted molar refractivity (Wildman–Crippen MR) is 85.2 cm³/mol. The normalized spacial score (nSPS) is 12.2. The first-order chi connectivity index (χ1) is 10.4. The van der Waals surface area contributed by atoms with Gasteiger partial charge in [-0.2, -0.15) is 13.2 Å². The minimum Gasteiger partial charge on any atom is -0.382 e. The number of nitrogens with one attached hydrogen (secondary N) is 2. The van der Waals surface area contributed by atoms with Gasteiger partial charge in [-0.05, 0) is 37.6 Å². The third-order valence-electron chi connectivity index (χ3n) is 2.92. The summed E-state index contributed by atoms with van der Waals surface area (Å²) < 4.78 is 38.9. The van der Waals surface area contributed by atoms with Crippen LogP contribution in [0.25, 0.3) is 0 Å². The molecule has 0 saturated carbocycles. The van der Waals surface area contributed by atoms with E-state index in [2.05, 4.69) is 27.2 Å². The highest BCUT2D eigenvalue weighted by Crippen LogP contribution is 2.36. The van der Waals surface area contributed by atoms with Crippen LogP contribution in [0.5, 0.6) is 0 Å². The van der Waals surface area contributed by atoms with Crippen LogP contribution in [0.2, 0.25) is 0 Å². The molecule has 0 saturated heterocycles. The van der Waals surface area contributed by atoms with Crippen molar-refractivity contribution in [1.82, 2.24) is 0 Å². The molecular weight excluding hydrogens is 319 g/mol. The summed E-state index contributed by atoms with van der Waals surface area (Å²) in [4.78, 5) is 4.56. The molecule has 0 amide bonds. The Kier molecular flexibility index (Phi) is 9.97. The van der Waals surface area contributed by atoms with Crippen LogP contribution in [0.4, 0.5) is 24.5 Å². The number of hydrogen-bond acceptors (Lipinski definition) is 4. The molecule has 128 valence electrons. The molecule has 8 heteroatoms.